The van der Waals surface area contributed by atoms with Gasteiger partial charge in [0, 0.05) is 18.8 Å². The highest BCUT2D eigenvalue weighted by molar-refractivity contribution is 5.92. The van der Waals surface area contributed by atoms with Gasteiger partial charge in [-0.3, -0.25) is 4.79 Å². The van der Waals surface area contributed by atoms with Gasteiger partial charge < -0.3 is 9.47 Å². The molecule has 2 unspecified atom stereocenters. The van der Waals surface area contributed by atoms with E-state index in [9.17, 15) is 4.79 Å². The minimum Gasteiger partial charge on any atom is -0.347 e. The highest BCUT2D eigenvalue weighted by atomic mass is 16.7. The van der Waals surface area contributed by atoms with Gasteiger partial charge in [-0.05, 0) is 25.7 Å². The lowest BCUT2D eigenvalue weighted by molar-refractivity contribution is -0.180. The van der Waals surface area contributed by atoms with Gasteiger partial charge in [0.25, 0.3) is 0 Å². The lowest BCUT2D eigenvalue weighted by atomic mass is 9.59. The van der Waals surface area contributed by atoms with Crippen LogP contribution in [0.25, 0.3) is 0 Å². The number of rotatable bonds is 0. The maximum absolute atomic E-state index is 12.8. The number of carbonyl (C=O) groups is 1. The quantitative estimate of drug-likeness (QED) is 0.628. The molecule has 102 valence electrons. The number of ether oxygens (including phenoxy) is 2. The van der Waals surface area contributed by atoms with E-state index in [2.05, 4.69) is 18.2 Å². The molecule has 3 heteroatoms. The van der Waals surface area contributed by atoms with E-state index in [4.69, 9.17) is 9.47 Å². The zero-order valence-corrected chi connectivity index (χ0v) is 11.2. The van der Waals surface area contributed by atoms with Crippen LogP contribution in [-0.2, 0) is 14.3 Å². The van der Waals surface area contributed by atoms with Crippen molar-refractivity contribution in [2.45, 2.75) is 44.3 Å². The predicted octanol–water partition coefficient (Wildman–Crippen LogP) is 2.77. The van der Waals surface area contributed by atoms with Crippen LogP contribution in [0.3, 0.4) is 0 Å². The molecule has 2 atom stereocenters. The van der Waals surface area contributed by atoms with Crippen LogP contribution in [-0.4, -0.2) is 24.8 Å². The molecule has 3 nitrogen and oxygen atoms in total. The molecule has 4 rings (SSSR count). The molecule has 0 amide bonds. The van der Waals surface area contributed by atoms with E-state index >= 15 is 0 Å². The summed E-state index contributed by atoms with van der Waals surface area (Å²) in [4.78, 5) is 12.8. The Hall–Kier alpha value is -0.930. The first-order valence-corrected chi connectivity index (χ1v) is 7.41. The molecule has 4 aliphatic rings. The smallest absolute Gasteiger partial charge is 0.172 e. The molecule has 0 N–H and O–H groups in total. The van der Waals surface area contributed by atoms with Crippen LogP contribution in [0.15, 0.2) is 23.8 Å². The summed E-state index contributed by atoms with van der Waals surface area (Å²) >= 11 is 0. The number of ketones is 1. The topological polar surface area (TPSA) is 35.5 Å². The first-order chi connectivity index (χ1) is 9.24. The fourth-order valence-corrected chi connectivity index (χ4v) is 4.27. The normalized spacial score (nSPS) is 39.9. The highest BCUT2D eigenvalue weighted by Crippen LogP contribution is 2.55. The third kappa shape index (κ3) is 1.61. The van der Waals surface area contributed by atoms with Crippen molar-refractivity contribution in [3.05, 3.63) is 23.8 Å². The van der Waals surface area contributed by atoms with Crippen LogP contribution in [0.4, 0.5) is 0 Å². The minimum atomic E-state index is -0.416. The Bertz CT molecular complexity index is 470. The molecule has 0 aromatic rings. The third-order valence-corrected chi connectivity index (χ3v) is 5.37. The van der Waals surface area contributed by atoms with Gasteiger partial charge in [-0.15, -0.1) is 0 Å². The van der Waals surface area contributed by atoms with Crippen LogP contribution >= 0.6 is 0 Å². The summed E-state index contributed by atoms with van der Waals surface area (Å²) < 4.78 is 11.7. The van der Waals surface area contributed by atoms with Gasteiger partial charge in [-0.25, -0.2) is 0 Å². The van der Waals surface area contributed by atoms with Crippen LogP contribution in [0.1, 0.15) is 38.5 Å². The maximum Gasteiger partial charge on any atom is 0.172 e. The Balaban J connectivity index is 1.72. The minimum absolute atomic E-state index is 0.210. The van der Waals surface area contributed by atoms with Crippen LogP contribution < -0.4 is 0 Å². The maximum atomic E-state index is 12.8. The van der Waals surface area contributed by atoms with Gasteiger partial charge in [-0.2, -0.15) is 0 Å². The van der Waals surface area contributed by atoms with Crippen LogP contribution in [0.2, 0.25) is 0 Å². The van der Waals surface area contributed by atoms with Crippen molar-refractivity contribution >= 4 is 5.78 Å². The fourth-order valence-electron chi connectivity index (χ4n) is 4.27. The standard InChI is InChI=1S/C16H20O3/c17-14-12-3-1-2-6-15(14)7-8-16(18-9-10-19-16)11-13(15)5-4-12/h1-2,5,12H,3-4,6-11H2. The summed E-state index contributed by atoms with van der Waals surface area (Å²) in [6.45, 7) is 1.38. The van der Waals surface area contributed by atoms with E-state index < -0.39 is 5.79 Å². The zero-order valence-electron chi connectivity index (χ0n) is 11.2. The average Bonchev–Trinajstić information content (AvgIpc) is 2.84. The molecule has 1 heterocycles. The van der Waals surface area contributed by atoms with Crippen molar-refractivity contribution in [1.29, 1.82) is 0 Å². The van der Waals surface area contributed by atoms with Gasteiger partial charge in [0.1, 0.15) is 5.78 Å². The number of fused-ring (bicyclic) bond motifs is 1. The predicted molar refractivity (Wildman–Crippen MR) is 70.5 cm³/mol. The fraction of sp³-hybridized carbons (Fsp3) is 0.688. The molecular weight excluding hydrogens is 240 g/mol. The van der Waals surface area contributed by atoms with E-state index in [1.54, 1.807) is 0 Å². The molecule has 2 spiro atoms. The van der Waals surface area contributed by atoms with E-state index in [1.165, 1.54) is 5.57 Å². The van der Waals surface area contributed by atoms with Gasteiger partial charge in [0.05, 0.1) is 18.6 Å². The number of Topliss-reactive ketones (excluding diaryl/α,β-unsaturated/α-hetero) is 1. The zero-order chi connectivity index (χ0) is 12.9. The second-order valence-corrected chi connectivity index (χ2v) is 6.30. The van der Waals surface area contributed by atoms with Crippen molar-refractivity contribution in [3.8, 4) is 0 Å². The van der Waals surface area contributed by atoms with E-state index in [0.29, 0.717) is 19.0 Å². The van der Waals surface area contributed by atoms with Gasteiger partial charge in [-0.1, -0.05) is 23.8 Å². The van der Waals surface area contributed by atoms with Gasteiger partial charge in [0.15, 0.2) is 5.79 Å². The highest BCUT2D eigenvalue weighted by Gasteiger charge is 2.54. The monoisotopic (exact) mass is 260 g/mol. The summed E-state index contributed by atoms with van der Waals surface area (Å²) in [5.41, 5.74) is 1.06. The van der Waals surface area contributed by atoms with Crippen molar-refractivity contribution < 1.29 is 14.3 Å². The summed E-state index contributed by atoms with van der Waals surface area (Å²) in [6, 6.07) is 0. The lowest BCUT2D eigenvalue weighted by Gasteiger charge is -2.47. The Morgan fingerprint density at radius 2 is 1.95 bits per heavy atom. The molecule has 1 saturated heterocycles. The molecule has 0 radical (unpaired) electrons. The Labute approximate surface area is 113 Å². The summed E-state index contributed by atoms with van der Waals surface area (Å²) in [5, 5.41) is 0. The largest absolute Gasteiger partial charge is 0.347 e. The second kappa shape index (κ2) is 4.03. The van der Waals surface area contributed by atoms with Gasteiger partial charge in [0.2, 0.25) is 0 Å². The van der Waals surface area contributed by atoms with Crippen LogP contribution in [0, 0.1) is 11.3 Å². The number of carbonyl (C=O) groups excluding carboxylic acids is 1. The molecule has 2 bridgehead atoms. The Morgan fingerprint density at radius 1 is 1.11 bits per heavy atom. The molecule has 0 aromatic heterocycles. The van der Waals surface area contributed by atoms with E-state index in [1.807, 2.05) is 0 Å². The molecule has 0 aromatic carbocycles. The number of hydrogen-bond donors (Lipinski definition) is 0. The SMILES string of the molecule is O=C1C2CC=CCC13CCC1(CC3=CC2)OCCO1. The molecular formula is C16H20O3. The molecule has 3 aliphatic carbocycles. The third-order valence-electron chi connectivity index (χ3n) is 5.37. The summed E-state index contributed by atoms with van der Waals surface area (Å²) in [5.74, 6) is 0.269. The summed E-state index contributed by atoms with van der Waals surface area (Å²) in [6.07, 6.45) is 12.0. The average molecular weight is 260 g/mol. The second-order valence-electron chi connectivity index (χ2n) is 6.30. The van der Waals surface area contributed by atoms with Crippen molar-refractivity contribution in [2.75, 3.05) is 13.2 Å². The van der Waals surface area contributed by atoms with Crippen molar-refractivity contribution in [2.24, 2.45) is 11.3 Å². The first kappa shape index (κ1) is 11.9. The first-order valence-electron chi connectivity index (χ1n) is 7.41. The Morgan fingerprint density at radius 3 is 2.79 bits per heavy atom. The molecule has 1 saturated carbocycles. The molecule has 19 heavy (non-hydrogen) atoms. The lowest BCUT2D eigenvalue weighted by Crippen LogP contribution is -2.48. The Kier molecular flexibility index (Phi) is 2.52. The van der Waals surface area contributed by atoms with Gasteiger partial charge >= 0.3 is 0 Å². The van der Waals surface area contributed by atoms with E-state index in [-0.39, 0.29) is 11.3 Å². The van der Waals surface area contributed by atoms with Crippen molar-refractivity contribution in [1.82, 2.24) is 0 Å². The van der Waals surface area contributed by atoms with Crippen molar-refractivity contribution in [3.63, 3.8) is 0 Å². The summed E-state index contributed by atoms with van der Waals surface area (Å²) in [7, 11) is 0. The van der Waals surface area contributed by atoms with E-state index in [0.717, 1.165) is 38.5 Å². The number of hydrogen-bond acceptors (Lipinski definition) is 3. The molecule has 2 fully saturated rings. The van der Waals surface area contributed by atoms with Crippen LogP contribution in [0.5, 0.6) is 0 Å². The number of allylic oxidation sites excluding steroid dienone is 3. The molecule has 1 aliphatic heterocycles.